The second-order valence-corrected chi connectivity index (χ2v) is 3.51. The van der Waals surface area contributed by atoms with Gasteiger partial charge in [0.2, 0.25) is 0 Å². The van der Waals surface area contributed by atoms with Crippen LogP contribution in [0.4, 0.5) is 4.39 Å². The Morgan fingerprint density at radius 3 is 2.73 bits per heavy atom. The molecule has 0 bridgehead atoms. The highest BCUT2D eigenvalue weighted by atomic mass is 79.9. The lowest BCUT2D eigenvalue weighted by Crippen LogP contribution is -2.03. The highest BCUT2D eigenvalue weighted by molar-refractivity contribution is 9.10. The average molecular weight is 221 g/mol. The molecule has 0 unspecified atom stereocenters. The Bertz CT molecular complexity index is 245. The first-order valence-corrected chi connectivity index (χ1v) is 4.23. The van der Waals surface area contributed by atoms with Crippen LogP contribution in [0.1, 0.15) is 25.5 Å². The third-order valence-corrected chi connectivity index (χ3v) is 2.10. The van der Waals surface area contributed by atoms with Crippen LogP contribution in [-0.2, 0) is 6.80 Å². The van der Waals surface area contributed by atoms with Gasteiger partial charge in [0.15, 0.2) is 6.80 Å². The number of alkyl halides is 1. The third kappa shape index (κ3) is 1.61. The molecule has 4 heteroatoms. The molecule has 0 aliphatic rings. The summed E-state index contributed by atoms with van der Waals surface area (Å²) in [6.45, 7) is 3.46. The Morgan fingerprint density at radius 2 is 2.36 bits per heavy atom. The Kier molecular flexibility index (Phi) is 2.65. The highest BCUT2D eigenvalue weighted by Gasteiger charge is 2.11. The molecule has 2 nitrogen and oxygen atoms in total. The highest BCUT2D eigenvalue weighted by Crippen LogP contribution is 2.23. The maximum absolute atomic E-state index is 12.2. The van der Waals surface area contributed by atoms with E-state index >= 15 is 0 Å². The predicted octanol–water partition coefficient (Wildman–Crippen LogP) is 2.70. The molecule has 0 aliphatic carbocycles. The zero-order chi connectivity index (χ0) is 8.43. The van der Waals surface area contributed by atoms with Gasteiger partial charge >= 0.3 is 0 Å². The van der Waals surface area contributed by atoms with E-state index < -0.39 is 6.80 Å². The lowest BCUT2D eigenvalue weighted by atomic mass is 10.1. The van der Waals surface area contributed by atoms with Gasteiger partial charge in [-0.2, -0.15) is 5.10 Å². The molecular weight excluding hydrogens is 211 g/mol. The fourth-order valence-corrected chi connectivity index (χ4v) is 1.80. The van der Waals surface area contributed by atoms with Crippen LogP contribution in [0, 0.1) is 0 Å². The standard InChI is InChI=1S/C7H10BrFN2/c1-5(2)7-6(8)3-10-11(7)4-9/h3,5H,4H2,1-2H3. The minimum atomic E-state index is -0.556. The van der Waals surface area contributed by atoms with Crippen LogP contribution in [0.5, 0.6) is 0 Å². The van der Waals surface area contributed by atoms with Crippen LogP contribution in [0.2, 0.25) is 0 Å². The van der Waals surface area contributed by atoms with Gasteiger partial charge in [-0.1, -0.05) is 13.8 Å². The summed E-state index contributed by atoms with van der Waals surface area (Å²) in [7, 11) is 0. The number of hydrogen-bond acceptors (Lipinski definition) is 1. The Balaban J connectivity index is 3.07. The van der Waals surface area contributed by atoms with Crippen molar-refractivity contribution in [3.8, 4) is 0 Å². The molecule has 11 heavy (non-hydrogen) atoms. The minimum absolute atomic E-state index is 0.294. The molecule has 0 amide bonds. The molecule has 0 saturated heterocycles. The third-order valence-electron chi connectivity index (χ3n) is 1.49. The predicted molar refractivity (Wildman–Crippen MR) is 45.1 cm³/mol. The van der Waals surface area contributed by atoms with Crippen molar-refractivity contribution in [2.45, 2.75) is 26.6 Å². The minimum Gasteiger partial charge on any atom is -0.237 e. The molecule has 1 aromatic heterocycles. The first kappa shape index (κ1) is 8.71. The van der Waals surface area contributed by atoms with Crippen molar-refractivity contribution in [1.29, 1.82) is 0 Å². The van der Waals surface area contributed by atoms with Crippen molar-refractivity contribution in [3.63, 3.8) is 0 Å². The van der Waals surface area contributed by atoms with Gasteiger partial charge in [-0.25, -0.2) is 9.07 Å². The van der Waals surface area contributed by atoms with E-state index in [0.29, 0.717) is 5.92 Å². The van der Waals surface area contributed by atoms with E-state index in [1.54, 1.807) is 6.20 Å². The summed E-state index contributed by atoms with van der Waals surface area (Å²) < 4.78 is 14.5. The summed E-state index contributed by atoms with van der Waals surface area (Å²) in [6.07, 6.45) is 1.62. The molecule has 0 radical (unpaired) electrons. The van der Waals surface area contributed by atoms with Gasteiger partial charge in [0.05, 0.1) is 16.4 Å². The fourth-order valence-electron chi connectivity index (χ4n) is 1.04. The molecule has 62 valence electrons. The quantitative estimate of drug-likeness (QED) is 0.750. The van der Waals surface area contributed by atoms with Crippen molar-refractivity contribution in [2.24, 2.45) is 0 Å². The van der Waals surface area contributed by atoms with Crippen molar-refractivity contribution in [3.05, 3.63) is 16.4 Å². The molecule has 0 aliphatic heterocycles. The number of halogens is 2. The van der Waals surface area contributed by atoms with Crippen LogP contribution in [0.3, 0.4) is 0 Å². The Labute approximate surface area is 73.5 Å². The zero-order valence-electron chi connectivity index (χ0n) is 6.51. The van der Waals surface area contributed by atoms with Gasteiger partial charge in [-0.3, -0.25) is 0 Å². The Morgan fingerprint density at radius 1 is 1.73 bits per heavy atom. The first-order chi connectivity index (χ1) is 5.16. The monoisotopic (exact) mass is 220 g/mol. The molecule has 0 spiro atoms. The number of rotatable bonds is 2. The van der Waals surface area contributed by atoms with Gasteiger partial charge in [0.25, 0.3) is 0 Å². The van der Waals surface area contributed by atoms with E-state index in [0.717, 1.165) is 10.2 Å². The van der Waals surface area contributed by atoms with Crippen molar-refractivity contribution >= 4 is 15.9 Å². The number of nitrogens with zero attached hydrogens (tertiary/aromatic N) is 2. The van der Waals surface area contributed by atoms with E-state index in [4.69, 9.17) is 0 Å². The molecule has 0 atom stereocenters. The summed E-state index contributed by atoms with van der Waals surface area (Å²) in [6, 6.07) is 0. The molecule has 0 fully saturated rings. The van der Waals surface area contributed by atoms with Crippen LogP contribution in [0.25, 0.3) is 0 Å². The summed E-state index contributed by atoms with van der Waals surface area (Å²) >= 11 is 3.31. The maximum Gasteiger partial charge on any atom is 0.181 e. The first-order valence-electron chi connectivity index (χ1n) is 3.44. The van der Waals surface area contributed by atoms with Crippen molar-refractivity contribution < 1.29 is 4.39 Å². The van der Waals surface area contributed by atoms with Gasteiger partial charge in [-0.05, 0) is 21.8 Å². The lowest BCUT2D eigenvalue weighted by molar-refractivity contribution is 0.338. The zero-order valence-corrected chi connectivity index (χ0v) is 8.10. The number of hydrogen-bond donors (Lipinski definition) is 0. The SMILES string of the molecule is CC(C)c1c(Br)cnn1CF. The molecule has 1 aromatic rings. The normalized spacial score (nSPS) is 11.0. The van der Waals surface area contributed by atoms with Gasteiger partial charge in [0.1, 0.15) is 0 Å². The van der Waals surface area contributed by atoms with Crippen LogP contribution in [-0.4, -0.2) is 9.78 Å². The van der Waals surface area contributed by atoms with Crippen molar-refractivity contribution in [1.82, 2.24) is 9.78 Å². The van der Waals surface area contributed by atoms with E-state index in [1.807, 2.05) is 13.8 Å². The summed E-state index contributed by atoms with van der Waals surface area (Å²) in [5.74, 6) is 0.294. The Hall–Kier alpha value is -0.380. The molecule has 0 saturated carbocycles. The van der Waals surface area contributed by atoms with Gasteiger partial charge in [-0.15, -0.1) is 0 Å². The van der Waals surface area contributed by atoms with E-state index in [9.17, 15) is 4.39 Å². The lowest BCUT2D eigenvalue weighted by Gasteiger charge is -2.06. The smallest absolute Gasteiger partial charge is 0.181 e. The fraction of sp³-hybridized carbons (Fsp3) is 0.571. The maximum atomic E-state index is 12.2. The average Bonchev–Trinajstić information content (AvgIpc) is 2.30. The summed E-state index contributed by atoms with van der Waals surface area (Å²) in [5.41, 5.74) is 0.910. The number of aromatic nitrogens is 2. The molecular formula is C7H10BrFN2. The summed E-state index contributed by atoms with van der Waals surface area (Å²) in [5, 5.41) is 3.85. The molecule has 1 rings (SSSR count). The van der Waals surface area contributed by atoms with Crippen LogP contribution < -0.4 is 0 Å². The second-order valence-electron chi connectivity index (χ2n) is 2.65. The van der Waals surface area contributed by atoms with Crippen LogP contribution in [0.15, 0.2) is 10.7 Å². The van der Waals surface area contributed by atoms with Gasteiger partial charge in [0, 0.05) is 0 Å². The molecule has 0 aromatic carbocycles. The van der Waals surface area contributed by atoms with Crippen LogP contribution >= 0.6 is 15.9 Å². The molecule has 1 heterocycles. The second kappa shape index (κ2) is 3.34. The van der Waals surface area contributed by atoms with Crippen molar-refractivity contribution in [2.75, 3.05) is 0 Å². The van der Waals surface area contributed by atoms with E-state index in [-0.39, 0.29) is 0 Å². The van der Waals surface area contributed by atoms with E-state index in [1.165, 1.54) is 4.68 Å². The molecule has 0 N–H and O–H groups in total. The van der Waals surface area contributed by atoms with Gasteiger partial charge < -0.3 is 0 Å². The topological polar surface area (TPSA) is 17.8 Å². The van der Waals surface area contributed by atoms with E-state index in [2.05, 4.69) is 21.0 Å². The summed E-state index contributed by atoms with van der Waals surface area (Å²) in [4.78, 5) is 0. The largest absolute Gasteiger partial charge is 0.237 e.